The number of tetrazole rings is 1. The van der Waals surface area contributed by atoms with Crippen molar-refractivity contribution >= 4 is 11.9 Å². The van der Waals surface area contributed by atoms with Crippen LogP contribution in [-0.4, -0.2) is 63.8 Å². The number of benzene rings is 2. The van der Waals surface area contributed by atoms with Crippen LogP contribution >= 0.6 is 0 Å². The molecule has 1 aliphatic heterocycles. The third kappa shape index (κ3) is 4.11. The van der Waals surface area contributed by atoms with Gasteiger partial charge >= 0.3 is 0 Å². The van der Waals surface area contributed by atoms with Crippen LogP contribution in [0.5, 0.6) is 5.75 Å². The van der Waals surface area contributed by atoms with Crippen molar-refractivity contribution in [1.82, 2.24) is 25.1 Å². The number of rotatable bonds is 5. The van der Waals surface area contributed by atoms with Crippen molar-refractivity contribution in [3.05, 3.63) is 60.7 Å². The highest BCUT2D eigenvalue weighted by Crippen LogP contribution is 2.17. The van der Waals surface area contributed by atoms with E-state index in [1.54, 1.807) is 4.68 Å². The summed E-state index contributed by atoms with van der Waals surface area (Å²) in [6, 6.07) is 19.2. The molecule has 0 unspecified atom stereocenters. The lowest BCUT2D eigenvalue weighted by molar-refractivity contribution is -0.133. The average Bonchev–Trinajstić information content (AvgIpc) is 3.11. The molecule has 1 fully saturated rings. The first-order valence-electron chi connectivity index (χ1n) is 9.35. The second-order valence-corrected chi connectivity index (χ2v) is 6.55. The molecule has 2 aromatic carbocycles. The third-order valence-electron chi connectivity index (χ3n) is 4.69. The fraction of sp³-hybridized carbons (Fsp3) is 0.300. The molecule has 4 rings (SSSR count). The standard InChI is InChI=1S/C20H22N6O2/c27-19(16-28-18-10-5-2-6-11-18)24-12-7-13-25(15-14-24)20-21-22-23-26(20)17-8-3-1-4-9-17/h1-6,8-11H,7,12-16H2. The number of carbonyl (C=O) groups excluding carboxylic acids is 1. The number of para-hydroxylation sites is 2. The second kappa shape index (κ2) is 8.51. The van der Waals surface area contributed by atoms with Gasteiger partial charge in [0.25, 0.3) is 5.91 Å². The maximum atomic E-state index is 12.5. The maximum Gasteiger partial charge on any atom is 0.260 e. The molecule has 1 aliphatic rings. The summed E-state index contributed by atoms with van der Waals surface area (Å²) in [5.41, 5.74) is 0.913. The van der Waals surface area contributed by atoms with Gasteiger partial charge in [-0.05, 0) is 41.1 Å². The summed E-state index contributed by atoms with van der Waals surface area (Å²) >= 11 is 0. The first kappa shape index (κ1) is 18.0. The van der Waals surface area contributed by atoms with E-state index in [-0.39, 0.29) is 12.5 Å². The maximum absolute atomic E-state index is 12.5. The molecular formula is C20H22N6O2. The molecule has 0 atom stereocenters. The lowest BCUT2D eigenvalue weighted by Gasteiger charge is -2.22. The molecule has 1 saturated heterocycles. The van der Waals surface area contributed by atoms with Crippen LogP contribution < -0.4 is 9.64 Å². The molecule has 8 nitrogen and oxygen atoms in total. The Morgan fingerprint density at radius 2 is 1.68 bits per heavy atom. The van der Waals surface area contributed by atoms with Gasteiger partial charge in [0.05, 0.1) is 5.69 Å². The molecule has 28 heavy (non-hydrogen) atoms. The quantitative estimate of drug-likeness (QED) is 0.674. The molecule has 0 bridgehead atoms. The topological polar surface area (TPSA) is 76.4 Å². The monoisotopic (exact) mass is 378 g/mol. The molecular weight excluding hydrogens is 356 g/mol. The molecule has 144 valence electrons. The normalized spacial score (nSPS) is 14.6. The van der Waals surface area contributed by atoms with Gasteiger partial charge in [-0.2, -0.15) is 4.68 Å². The van der Waals surface area contributed by atoms with E-state index in [1.807, 2.05) is 65.6 Å². The molecule has 0 saturated carbocycles. The van der Waals surface area contributed by atoms with Crippen LogP contribution in [0.25, 0.3) is 5.69 Å². The molecule has 0 radical (unpaired) electrons. The van der Waals surface area contributed by atoms with Crippen molar-refractivity contribution in [3.8, 4) is 11.4 Å². The van der Waals surface area contributed by atoms with Crippen molar-refractivity contribution in [3.63, 3.8) is 0 Å². The molecule has 1 amide bonds. The van der Waals surface area contributed by atoms with Gasteiger partial charge in [0, 0.05) is 26.2 Å². The summed E-state index contributed by atoms with van der Waals surface area (Å²) in [5.74, 6) is 1.39. The average molecular weight is 378 g/mol. The number of hydrogen-bond acceptors (Lipinski definition) is 6. The molecule has 0 spiro atoms. The number of aromatic nitrogens is 4. The highest BCUT2D eigenvalue weighted by Gasteiger charge is 2.23. The lowest BCUT2D eigenvalue weighted by Crippen LogP contribution is -2.38. The summed E-state index contributed by atoms with van der Waals surface area (Å²) in [7, 11) is 0. The van der Waals surface area contributed by atoms with Crippen LogP contribution in [0.1, 0.15) is 6.42 Å². The molecule has 2 heterocycles. The highest BCUT2D eigenvalue weighted by atomic mass is 16.5. The summed E-state index contributed by atoms with van der Waals surface area (Å²) in [6.07, 6.45) is 0.846. The van der Waals surface area contributed by atoms with E-state index < -0.39 is 0 Å². The van der Waals surface area contributed by atoms with E-state index in [2.05, 4.69) is 20.4 Å². The van der Waals surface area contributed by atoms with Crippen LogP contribution in [0.4, 0.5) is 5.95 Å². The largest absolute Gasteiger partial charge is 0.484 e. The molecule has 3 aromatic rings. The van der Waals surface area contributed by atoms with E-state index in [1.165, 1.54) is 0 Å². The second-order valence-electron chi connectivity index (χ2n) is 6.55. The van der Waals surface area contributed by atoms with E-state index in [9.17, 15) is 4.79 Å². The molecule has 0 aliphatic carbocycles. The van der Waals surface area contributed by atoms with Crippen molar-refractivity contribution < 1.29 is 9.53 Å². The number of anilines is 1. The first-order valence-corrected chi connectivity index (χ1v) is 9.35. The van der Waals surface area contributed by atoms with Crippen LogP contribution in [0.3, 0.4) is 0 Å². The van der Waals surface area contributed by atoms with Gasteiger partial charge in [0.15, 0.2) is 6.61 Å². The summed E-state index contributed by atoms with van der Waals surface area (Å²) < 4.78 is 7.33. The number of nitrogens with zero attached hydrogens (tertiary/aromatic N) is 6. The van der Waals surface area contributed by atoms with Gasteiger partial charge in [-0.25, -0.2) is 0 Å². The Bertz CT molecular complexity index is 899. The van der Waals surface area contributed by atoms with E-state index in [4.69, 9.17) is 4.74 Å². The van der Waals surface area contributed by atoms with Crippen LogP contribution in [0.2, 0.25) is 0 Å². The van der Waals surface area contributed by atoms with E-state index in [0.717, 1.165) is 18.7 Å². The van der Waals surface area contributed by atoms with E-state index in [0.29, 0.717) is 31.3 Å². The summed E-state index contributed by atoms with van der Waals surface area (Å²) in [5, 5.41) is 12.2. The SMILES string of the molecule is O=C(COc1ccccc1)N1CCCN(c2nnnn2-c2ccccc2)CC1. The van der Waals surface area contributed by atoms with Gasteiger partial charge in [0.2, 0.25) is 5.95 Å². The zero-order valence-corrected chi connectivity index (χ0v) is 15.5. The number of amides is 1. The fourth-order valence-corrected chi connectivity index (χ4v) is 3.24. The minimum atomic E-state index is -0.00615. The summed E-state index contributed by atoms with van der Waals surface area (Å²) in [6.45, 7) is 2.81. The first-order chi connectivity index (χ1) is 13.8. The van der Waals surface area contributed by atoms with Crippen molar-refractivity contribution in [2.75, 3.05) is 37.7 Å². The molecule has 1 aromatic heterocycles. The van der Waals surface area contributed by atoms with Crippen LogP contribution in [0, 0.1) is 0 Å². The van der Waals surface area contributed by atoms with Crippen LogP contribution in [-0.2, 0) is 4.79 Å². The highest BCUT2D eigenvalue weighted by molar-refractivity contribution is 5.77. The Morgan fingerprint density at radius 1 is 0.929 bits per heavy atom. The van der Waals surface area contributed by atoms with E-state index >= 15 is 0 Å². The predicted octanol–water partition coefficient (Wildman–Crippen LogP) is 1.78. The minimum Gasteiger partial charge on any atom is -0.484 e. The smallest absolute Gasteiger partial charge is 0.260 e. The summed E-state index contributed by atoms with van der Waals surface area (Å²) in [4.78, 5) is 16.5. The molecule has 8 heteroatoms. The Balaban J connectivity index is 1.38. The predicted molar refractivity (Wildman–Crippen MR) is 105 cm³/mol. The van der Waals surface area contributed by atoms with Gasteiger partial charge < -0.3 is 14.5 Å². The van der Waals surface area contributed by atoms with Crippen molar-refractivity contribution in [2.45, 2.75) is 6.42 Å². The molecule has 0 N–H and O–H groups in total. The zero-order valence-electron chi connectivity index (χ0n) is 15.5. The number of carbonyl (C=O) groups is 1. The van der Waals surface area contributed by atoms with Crippen molar-refractivity contribution in [1.29, 1.82) is 0 Å². The van der Waals surface area contributed by atoms with Crippen molar-refractivity contribution in [2.24, 2.45) is 0 Å². The van der Waals surface area contributed by atoms with Gasteiger partial charge in [-0.15, -0.1) is 0 Å². The lowest BCUT2D eigenvalue weighted by atomic mass is 10.3. The van der Waals surface area contributed by atoms with Gasteiger partial charge in [0.1, 0.15) is 5.75 Å². The minimum absolute atomic E-state index is 0.00615. The fourth-order valence-electron chi connectivity index (χ4n) is 3.24. The Hall–Kier alpha value is -3.42. The van der Waals surface area contributed by atoms with Gasteiger partial charge in [-0.3, -0.25) is 4.79 Å². The van der Waals surface area contributed by atoms with Crippen LogP contribution in [0.15, 0.2) is 60.7 Å². The zero-order chi connectivity index (χ0) is 19.2. The Morgan fingerprint density at radius 3 is 2.46 bits per heavy atom. The Labute approximate surface area is 163 Å². The number of ether oxygens (including phenoxy) is 1. The third-order valence-corrected chi connectivity index (χ3v) is 4.69. The number of hydrogen-bond donors (Lipinski definition) is 0. The Kier molecular flexibility index (Phi) is 5.46. The van der Waals surface area contributed by atoms with Gasteiger partial charge in [-0.1, -0.05) is 41.5 Å².